The zero-order chi connectivity index (χ0) is 14.0. The van der Waals surface area contributed by atoms with Crippen LogP contribution in [0.25, 0.3) is 0 Å². The molecule has 1 amide bonds. The van der Waals surface area contributed by atoms with Crippen LogP contribution in [0.5, 0.6) is 0 Å². The van der Waals surface area contributed by atoms with E-state index in [0.717, 1.165) is 12.1 Å². The fourth-order valence-corrected chi connectivity index (χ4v) is 2.33. The number of hydrogen-bond acceptors (Lipinski definition) is 3. The smallest absolute Gasteiger partial charge is 0.337 e. The Labute approximate surface area is 112 Å². The van der Waals surface area contributed by atoms with Crippen molar-refractivity contribution in [1.82, 2.24) is 5.32 Å². The van der Waals surface area contributed by atoms with E-state index in [1.165, 1.54) is 0 Å². The van der Waals surface area contributed by atoms with Gasteiger partial charge in [-0.3, -0.25) is 4.79 Å². The van der Waals surface area contributed by atoms with Gasteiger partial charge in [-0.05, 0) is 31.5 Å². The van der Waals surface area contributed by atoms with Crippen molar-refractivity contribution in [2.45, 2.75) is 13.8 Å². The SMILES string of the molecule is Cc1ccc(NC(=O)C2CNCC2C)c(C(=O)O)c1. The van der Waals surface area contributed by atoms with Crippen molar-refractivity contribution in [3.05, 3.63) is 29.3 Å². The number of aryl methyl sites for hydroxylation is 1. The molecule has 1 aromatic carbocycles. The summed E-state index contributed by atoms with van der Waals surface area (Å²) in [5, 5.41) is 15.0. The molecular formula is C14H18N2O3. The van der Waals surface area contributed by atoms with E-state index in [9.17, 15) is 9.59 Å². The molecule has 1 aliphatic rings. The molecule has 1 aliphatic heterocycles. The Hall–Kier alpha value is -1.88. The molecule has 5 heteroatoms. The van der Waals surface area contributed by atoms with Gasteiger partial charge in [-0.25, -0.2) is 4.79 Å². The third kappa shape index (κ3) is 2.93. The van der Waals surface area contributed by atoms with Crippen molar-refractivity contribution in [1.29, 1.82) is 0 Å². The maximum atomic E-state index is 12.1. The molecule has 2 rings (SSSR count). The van der Waals surface area contributed by atoms with E-state index in [1.54, 1.807) is 18.2 Å². The number of nitrogens with one attached hydrogen (secondary N) is 2. The minimum absolute atomic E-state index is 0.108. The third-order valence-electron chi connectivity index (χ3n) is 3.52. The third-order valence-corrected chi connectivity index (χ3v) is 3.52. The highest BCUT2D eigenvalue weighted by molar-refractivity contribution is 6.01. The number of amides is 1. The Balaban J connectivity index is 2.19. The second-order valence-electron chi connectivity index (χ2n) is 5.09. The lowest BCUT2D eigenvalue weighted by Crippen LogP contribution is -2.28. The first-order chi connectivity index (χ1) is 8.99. The molecule has 0 aromatic heterocycles. The summed E-state index contributed by atoms with van der Waals surface area (Å²) >= 11 is 0. The summed E-state index contributed by atoms with van der Waals surface area (Å²) in [7, 11) is 0. The molecule has 2 atom stereocenters. The topological polar surface area (TPSA) is 78.4 Å². The first kappa shape index (κ1) is 13.5. The number of carbonyl (C=O) groups excluding carboxylic acids is 1. The molecule has 2 unspecified atom stereocenters. The lowest BCUT2D eigenvalue weighted by atomic mass is 9.97. The first-order valence-electron chi connectivity index (χ1n) is 6.34. The largest absolute Gasteiger partial charge is 0.478 e. The fourth-order valence-electron chi connectivity index (χ4n) is 2.33. The molecule has 5 nitrogen and oxygen atoms in total. The van der Waals surface area contributed by atoms with Crippen molar-refractivity contribution in [3.63, 3.8) is 0 Å². The molecule has 0 saturated carbocycles. The van der Waals surface area contributed by atoms with Crippen LogP contribution in [0.4, 0.5) is 5.69 Å². The Kier molecular flexibility index (Phi) is 3.85. The van der Waals surface area contributed by atoms with E-state index in [2.05, 4.69) is 10.6 Å². The standard InChI is InChI=1S/C14H18N2O3/c1-8-3-4-12(10(5-8)14(18)19)16-13(17)11-7-15-6-9(11)2/h3-5,9,11,15H,6-7H2,1-2H3,(H,16,17)(H,18,19). The highest BCUT2D eigenvalue weighted by atomic mass is 16.4. The molecular weight excluding hydrogens is 244 g/mol. The Morgan fingerprint density at radius 3 is 2.68 bits per heavy atom. The van der Waals surface area contributed by atoms with Gasteiger partial charge in [0, 0.05) is 6.54 Å². The van der Waals surface area contributed by atoms with Crippen molar-refractivity contribution in [3.8, 4) is 0 Å². The lowest BCUT2D eigenvalue weighted by molar-refractivity contribution is -0.120. The van der Waals surface area contributed by atoms with Crippen LogP contribution in [0.15, 0.2) is 18.2 Å². The summed E-state index contributed by atoms with van der Waals surface area (Å²) in [6, 6.07) is 5.00. The molecule has 0 spiro atoms. The summed E-state index contributed by atoms with van der Waals surface area (Å²) in [6.07, 6.45) is 0. The fraction of sp³-hybridized carbons (Fsp3) is 0.429. The van der Waals surface area contributed by atoms with Crippen molar-refractivity contribution >= 4 is 17.6 Å². The predicted molar refractivity (Wildman–Crippen MR) is 72.3 cm³/mol. The Bertz CT molecular complexity index is 513. The van der Waals surface area contributed by atoms with Crippen LogP contribution in [0.3, 0.4) is 0 Å². The Morgan fingerprint density at radius 2 is 2.11 bits per heavy atom. The van der Waals surface area contributed by atoms with Gasteiger partial charge in [0.05, 0.1) is 17.2 Å². The number of benzene rings is 1. The van der Waals surface area contributed by atoms with E-state index in [4.69, 9.17) is 5.11 Å². The van der Waals surface area contributed by atoms with Crippen LogP contribution in [0.1, 0.15) is 22.8 Å². The van der Waals surface area contributed by atoms with Crippen LogP contribution < -0.4 is 10.6 Å². The minimum Gasteiger partial charge on any atom is -0.478 e. The van der Waals surface area contributed by atoms with E-state index in [1.807, 2.05) is 13.8 Å². The van der Waals surface area contributed by atoms with Gasteiger partial charge >= 0.3 is 5.97 Å². The molecule has 0 radical (unpaired) electrons. The van der Waals surface area contributed by atoms with Gasteiger partial charge in [0.2, 0.25) is 5.91 Å². The van der Waals surface area contributed by atoms with Crippen LogP contribution in [-0.4, -0.2) is 30.1 Å². The molecule has 1 aromatic rings. The average Bonchev–Trinajstić information content (AvgIpc) is 2.77. The predicted octanol–water partition coefficient (Wildman–Crippen LogP) is 1.49. The summed E-state index contributed by atoms with van der Waals surface area (Å²) < 4.78 is 0. The lowest BCUT2D eigenvalue weighted by Gasteiger charge is -2.15. The molecule has 0 aliphatic carbocycles. The van der Waals surface area contributed by atoms with E-state index >= 15 is 0 Å². The number of aromatic carboxylic acids is 1. The highest BCUT2D eigenvalue weighted by Gasteiger charge is 2.30. The second-order valence-corrected chi connectivity index (χ2v) is 5.09. The van der Waals surface area contributed by atoms with Gasteiger partial charge in [-0.1, -0.05) is 18.6 Å². The number of carbonyl (C=O) groups is 2. The average molecular weight is 262 g/mol. The van der Waals surface area contributed by atoms with Gasteiger partial charge in [0.1, 0.15) is 0 Å². The Morgan fingerprint density at radius 1 is 1.37 bits per heavy atom. The van der Waals surface area contributed by atoms with E-state index < -0.39 is 5.97 Å². The molecule has 102 valence electrons. The van der Waals surface area contributed by atoms with E-state index in [-0.39, 0.29) is 23.3 Å². The normalized spacial score (nSPS) is 22.2. The van der Waals surface area contributed by atoms with Crippen LogP contribution in [-0.2, 0) is 4.79 Å². The first-order valence-corrected chi connectivity index (χ1v) is 6.34. The van der Waals surface area contributed by atoms with Gasteiger partial charge < -0.3 is 15.7 Å². The molecule has 3 N–H and O–H groups in total. The molecule has 0 bridgehead atoms. The van der Waals surface area contributed by atoms with Crippen LogP contribution in [0.2, 0.25) is 0 Å². The van der Waals surface area contributed by atoms with Crippen LogP contribution >= 0.6 is 0 Å². The second kappa shape index (κ2) is 5.40. The van der Waals surface area contributed by atoms with Crippen LogP contribution in [0, 0.1) is 18.8 Å². The minimum atomic E-state index is -1.03. The maximum absolute atomic E-state index is 12.1. The van der Waals surface area contributed by atoms with Gasteiger partial charge in [0.25, 0.3) is 0 Å². The van der Waals surface area contributed by atoms with Crippen molar-refractivity contribution in [2.24, 2.45) is 11.8 Å². The number of carboxylic acid groups (broad SMARTS) is 1. The maximum Gasteiger partial charge on any atom is 0.337 e. The number of rotatable bonds is 3. The van der Waals surface area contributed by atoms with Gasteiger partial charge in [0.15, 0.2) is 0 Å². The summed E-state index contributed by atoms with van der Waals surface area (Å²) in [4.78, 5) is 23.3. The van der Waals surface area contributed by atoms with Gasteiger partial charge in [-0.15, -0.1) is 0 Å². The highest BCUT2D eigenvalue weighted by Crippen LogP contribution is 2.21. The molecule has 1 saturated heterocycles. The number of carboxylic acids is 1. The number of anilines is 1. The van der Waals surface area contributed by atoms with Crippen molar-refractivity contribution in [2.75, 3.05) is 18.4 Å². The zero-order valence-corrected chi connectivity index (χ0v) is 11.1. The monoisotopic (exact) mass is 262 g/mol. The number of hydrogen-bond donors (Lipinski definition) is 3. The molecule has 19 heavy (non-hydrogen) atoms. The molecule has 1 heterocycles. The van der Waals surface area contributed by atoms with E-state index in [0.29, 0.717) is 12.2 Å². The molecule has 1 fully saturated rings. The van der Waals surface area contributed by atoms with Gasteiger partial charge in [-0.2, -0.15) is 0 Å². The summed E-state index contributed by atoms with van der Waals surface area (Å²) in [5.74, 6) is -0.998. The summed E-state index contributed by atoms with van der Waals surface area (Å²) in [5.41, 5.74) is 1.35. The summed E-state index contributed by atoms with van der Waals surface area (Å²) in [6.45, 7) is 5.29. The van der Waals surface area contributed by atoms with Crippen molar-refractivity contribution < 1.29 is 14.7 Å². The zero-order valence-electron chi connectivity index (χ0n) is 11.1. The quantitative estimate of drug-likeness (QED) is 0.771.